The fourth-order valence-corrected chi connectivity index (χ4v) is 7.89. The lowest BCUT2D eigenvalue weighted by Gasteiger charge is -2.31. The van der Waals surface area contributed by atoms with Crippen LogP contribution in [0, 0.1) is 12.8 Å². The number of hydrogen-bond acceptors (Lipinski definition) is 4. The van der Waals surface area contributed by atoms with E-state index in [-0.39, 0.29) is 6.04 Å². The maximum Gasteiger partial charge on any atom is 0.244 e. The number of nitrogens with zero attached hydrogens (tertiary/aromatic N) is 2. The Balaban J connectivity index is 1.63. The molecule has 6 nitrogen and oxygen atoms in total. The van der Waals surface area contributed by atoms with Crippen molar-refractivity contribution >= 4 is 15.7 Å². The second-order valence-corrected chi connectivity index (χ2v) is 12.8. The lowest BCUT2D eigenvalue weighted by Crippen LogP contribution is -2.42. The van der Waals surface area contributed by atoms with Gasteiger partial charge in [-0.2, -0.15) is 4.31 Å². The number of unbranched alkanes of at least 4 members (excludes halogenated alkanes) is 1. The zero-order valence-electron chi connectivity index (χ0n) is 23.4. The van der Waals surface area contributed by atoms with Crippen LogP contribution in [-0.2, 0) is 14.8 Å². The molecule has 0 fully saturated rings. The fourth-order valence-electron chi connectivity index (χ4n) is 6.17. The first kappa shape index (κ1) is 27.7. The first-order chi connectivity index (χ1) is 18.9. The monoisotopic (exact) mass is 547 g/mol. The Kier molecular flexibility index (Phi) is 8.57. The van der Waals surface area contributed by atoms with Gasteiger partial charge in [-0.05, 0) is 68.0 Å². The number of hydrogen-bond donors (Lipinski definition) is 1. The van der Waals surface area contributed by atoms with Gasteiger partial charge in [-0.25, -0.2) is 13.4 Å². The molecule has 0 saturated heterocycles. The normalized spacial score (nSPS) is 25.4. The Morgan fingerprint density at radius 3 is 2.56 bits per heavy atom. The van der Waals surface area contributed by atoms with E-state index in [1.54, 1.807) is 23.5 Å². The minimum absolute atomic E-state index is 0.168. The molecular formula is C32H41N3O3S. The Morgan fingerprint density at radius 2 is 1.87 bits per heavy atom. The third-order valence-electron chi connectivity index (χ3n) is 8.27. The first-order valence-electron chi connectivity index (χ1n) is 14.4. The predicted octanol–water partition coefficient (Wildman–Crippen LogP) is 7.07. The molecule has 3 unspecified atom stereocenters. The number of aryl methyl sites for hydroxylation is 1. The van der Waals surface area contributed by atoms with Crippen molar-refractivity contribution in [1.82, 2.24) is 9.29 Å². The van der Waals surface area contributed by atoms with Gasteiger partial charge in [0.15, 0.2) is 0 Å². The number of fused-ring (bicyclic) bond motifs is 1. The maximum atomic E-state index is 14.4. The first-order valence-corrected chi connectivity index (χ1v) is 15.9. The van der Waals surface area contributed by atoms with Gasteiger partial charge in [-0.3, -0.25) is 0 Å². The molecule has 3 heterocycles. The van der Waals surface area contributed by atoms with E-state index in [9.17, 15) is 8.42 Å². The van der Waals surface area contributed by atoms with Gasteiger partial charge in [0.25, 0.3) is 0 Å². The maximum absolute atomic E-state index is 14.4. The molecule has 39 heavy (non-hydrogen) atoms. The lowest BCUT2D eigenvalue weighted by atomic mass is 9.84. The topological polar surface area (TPSA) is 74.8 Å². The zero-order chi connectivity index (χ0) is 27.4. The highest BCUT2D eigenvalue weighted by Gasteiger charge is 2.44. The van der Waals surface area contributed by atoms with Crippen LogP contribution in [0.15, 0.2) is 87.7 Å². The molecular weight excluding hydrogens is 506 g/mol. The molecule has 3 aliphatic rings. The quantitative estimate of drug-likeness (QED) is 0.359. The van der Waals surface area contributed by atoms with Crippen LogP contribution < -0.4 is 0 Å². The van der Waals surface area contributed by atoms with Crippen molar-refractivity contribution in [1.29, 1.82) is 0 Å². The number of benzene rings is 1. The van der Waals surface area contributed by atoms with E-state index < -0.39 is 16.1 Å². The lowest BCUT2D eigenvalue weighted by molar-refractivity contribution is 0.299. The van der Waals surface area contributed by atoms with E-state index in [0.717, 1.165) is 61.9 Å². The number of aromatic amines is 1. The summed E-state index contributed by atoms with van der Waals surface area (Å²) in [5, 5.41) is 0. The summed E-state index contributed by atoms with van der Waals surface area (Å²) in [6.45, 7) is 4.21. The molecule has 0 spiro atoms. The molecule has 2 aliphatic heterocycles. The van der Waals surface area contributed by atoms with E-state index in [2.05, 4.69) is 18.0 Å². The number of H-pyrrole nitrogens is 1. The van der Waals surface area contributed by atoms with Crippen molar-refractivity contribution < 1.29 is 13.2 Å². The van der Waals surface area contributed by atoms with Crippen molar-refractivity contribution in [3.05, 3.63) is 89.1 Å². The van der Waals surface area contributed by atoms with Crippen LogP contribution >= 0.6 is 0 Å². The Hall–Kier alpha value is -2.90. The average Bonchev–Trinajstić information content (AvgIpc) is 3.67. The van der Waals surface area contributed by atoms with Crippen LogP contribution in [-0.4, -0.2) is 42.6 Å². The van der Waals surface area contributed by atoms with Crippen LogP contribution in [0.3, 0.4) is 0 Å². The molecule has 0 radical (unpaired) electrons. The number of allylic oxidation sites excluding steroid dienone is 1. The molecule has 208 valence electrons. The van der Waals surface area contributed by atoms with Gasteiger partial charge in [0.1, 0.15) is 11.5 Å². The van der Waals surface area contributed by atoms with Gasteiger partial charge in [0.2, 0.25) is 10.0 Å². The molecule has 0 saturated carbocycles. The number of nitrogens with one attached hydrogen (secondary N) is 1. The minimum Gasteiger partial charge on any atom is -0.494 e. The number of rotatable bonds is 8. The van der Waals surface area contributed by atoms with Gasteiger partial charge in [-0.15, -0.1) is 0 Å². The Morgan fingerprint density at radius 1 is 1.10 bits per heavy atom. The molecule has 1 aromatic carbocycles. The fraction of sp³-hybridized carbons (Fsp3) is 0.469. The van der Waals surface area contributed by atoms with Gasteiger partial charge >= 0.3 is 0 Å². The van der Waals surface area contributed by atoms with E-state index in [1.165, 1.54) is 18.4 Å². The minimum atomic E-state index is -3.76. The second-order valence-electron chi connectivity index (χ2n) is 11.0. The molecule has 1 aromatic heterocycles. The number of ether oxygens (including phenoxy) is 1. The molecule has 1 aliphatic carbocycles. The molecule has 2 aromatic rings. The summed E-state index contributed by atoms with van der Waals surface area (Å²) < 4.78 is 36.3. The molecule has 0 amide bonds. The van der Waals surface area contributed by atoms with Crippen molar-refractivity contribution in [2.45, 2.75) is 88.6 Å². The zero-order valence-corrected chi connectivity index (χ0v) is 24.2. The van der Waals surface area contributed by atoms with Crippen molar-refractivity contribution in [3.8, 4) is 0 Å². The Bertz CT molecular complexity index is 1370. The van der Waals surface area contributed by atoms with Crippen LogP contribution in [0.4, 0.5) is 0 Å². The number of aromatic nitrogens is 1. The summed E-state index contributed by atoms with van der Waals surface area (Å²) in [6.07, 6.45) is 18.0. The van der Waals surface area contributed by atoms with E-state index >= 15 is 0 Å². The van der Waals surface area contributed by atoms with Crippen LogP contribution in [0.1, 0.15) is 76.0 Å². The molecule has 3 atom stereocenters. The summed E-state index contributed by atoms with van der Waals surface area (Å²) in [4.78, 5) is 8.48. The summed E-state index contributed by atoms with van der Waals surface area (Å²) in [7, 11) is -2.11. The number of sulfonamides is 1. The van der Waals surface area contributed by atoms with Gasteiger partial charge in [0, 0.05) is 18.3 Å². The van der Waals surface area contributed by atoms with Gasteiger partial charge < -0.3 is 9.72 Å². The predicted molar refractivity (Wildman–Crippen MR) is 157 cm³/mol. The van der Waals surface area contributed by atoms with Crippen LogP contribution in [0.2, 0.25) is 0 Å². The van der Waals surface area contributed by atoms with Crippen LogP contribution in [0.25, 0.3) is 0 Å². The summed E-state index contributed by atoms with van der Waals surface area (Å²) in [6, 6.07) is 10.6. The van der Waals surface area contributed by atoms with E-state index in [0.29, 0.717) is 22.3 Å². The molecule has 2 bridgehead atoms. The molecule has 5 rings (SSSR count). The number of aliphatic imine (C=N–C) groups is 1. The standard InChI is InChI=1S/C32H41N3O3S/c1-4-5-11-24-12-8-6-7-9-13-25-20-27(24)31(35(25)39(36,37)26-17-15-23(2)16-18-26)21-30-32(38-3)22-29(34-30)28-14-10-19-33-28/h10,14-22,24-25,31,33H,4-9,11-13H2,1-3H3/b30-21+. The van der Waals surface area contributed by atoms with Gasteiger partial charge in [0.05, 0.1) is 29.5 Å². The van der Waals surface area contributed by atoms with Crippen LogP contribution in [0.5, 0.6) is 0 Å². The summed E-state index contributed by atoms with van der Waals surface area (Å²) >= 11 is 0. The largest absolute Gasteiger partial charge is 0.494 e. The summed E-state index contributed by atoms with van der Waals surface area (Å²) in [5.74, 6) is 1.01. The number of methoxy groups -OCH3 is 1. The second kappa shape index (κ2) is 12.1. The average molecular weight is 548 g/mol. The van der Waals surface area contributed by atoms with E-state index in [1.807, 2.05) is 49.5 Å². The molecule has 7 heteroatoms. The van der Waals surface area contributed by atoms with Gasteiger partial charge in [-0.1, -0.05) is 69.2 Å². The highest BCUT2D eigenvalue weighted by Crippen LogP contribution is 2.42. The molecule has 1 N–H and O–H groups in total. The van der Waals surface area contributed by atoms with Crippen molar-refractivity contribution in [2.24, 2.45) is 10.9 Å². The highest BCUT2D eigenvalue weighted by atomic mass is 32.2. The third-order valence-corrected chi connectivity index (χ3v) is 10.2. The van der Waals surface area contributed by atoms with Crippen molar-refractivity contribution in [3.63, 3.8) is 0 Å². The Labute approximate surface area is 233 Å². The van der Waals surface area contributed by atoms with Crippen molar-refractivity contribution in [2.75, 3.05) is 7.11 Å². The highest BCUT2D eigenvalue weighted by molar-refractivity contribution is 7.89. The third kappa shape index (κ3) is 5.85. The smallest absolute Gasteiger partial charge is 0.244 e. The summed E-state index contributed by atoms with van der Waals surface area (Å²) in [5.41, 5.74) is 4.66. The SMILES string of the molecule is CCCCC1CCCCCCC2C=C1C(/C=C1/N=C(c3ccc[nH]3)C=C1OC)N2S(=O)(=O)c1ccc(C)cc1. The van der Waals surface area contributed by atoms with E-state index in [4.69, 9.17) is 9.73 Å².